The summed E-state index contributed by atoms with van der Waals surface area (Å²) in [7, 11) is 3.15. The van der Waals surface area contributed by atoms with Crippen molar-refractivity contribution in [2.24, 2.45) is 0 Å². The summed E-state index contributed by atoms with van der Waals surface area (Å²) in [6, 6.07) is 19.7. The second kappa shape index (κ2) is 9.26. The third-order valence-electron chi connectivity index (χ3n) is 4.96. The summed E-state index contributed by atoms with van der Waals surface area (Å²) in [6.45, 7) is 0.253. The van der Waals surface area contributed by atoms with Crippen LogP contribution >= 0.6 is 0 Å². The van der Waals surface area contributed by atoms with E-state index in [0.29, 0.717) is 28.5 Å². The Morgan fingerprint density at radius 2 is 1.84 bits per heavy atom. The number of methoxy groups -OCH3 is 2. The largest absolute Gasteiger partial charge is 0.497 e. The molecule has 32 heavy (non-hydrogen) atoms. The predicted molar refractivity (Wildman–Crippen MR) is 121 cm³/mol. The second-order valence-corrected chi connectivity index (χ2v) is 7.05. The zero-order chi connectivity index (χ0) is 22.5. The molecule has 2 amide bonds. The molecule has 1 aliphatic heterocycles. The standard InChI is InChI=1S/C25H22N2O5/c1-30-19-9-11-21(31-2)18(13-19)15-26-24(28)17-8-10-22-20(14-17)27-25(29)23(32-22)12-16-6-4-3-5-7-16/h3-14H,15H2,1-2H3,(H,26,28)(H,27,29)/b23-12-. The van der Waals surface area contributed by atoms with Gasteiger partial charge in [0.25, 0.3) is 11.8 Å². The summed E-state index contributed by atoms with van der Waals surface area (Å²) in [5, 5.41) is 5.65. The van der Waals surface area contributed by atoms with E-state index in [1.807, 2.05) is 30.3 Å². The van der Waals surface area contributed by atoms with Crippen molar-refractivity contribution in [2.45, 2.75) is 6.54 Å². The first kappa shape index (κ1) is 21.0. The van der Waals surface area contributed by atoms with E-state index < -0.39 is 0 Å². The first-order chi connectivity index (χ1) is 15.6. The lowest BCUT2D eigenvalue weighted by atomic mass is 10.1. The van der Waals surface area contributed by atoms with Gasteiger partial charge in [-0.3, -0.25) is 9.59 Å². The van der Waals surface area contributed by atoms with Gasteiger partial charge in [-0.05, 0) is 48.0 Å². The molecular formula is C25H22N2O5. The monoisotopic (exact) mass is 430 g/mol. The van der Waals surface area contributed by atoms with Gasteiger partial charge >= 0.3 is 0 Å². The van der Waals surface area contributed by atoms with Crippen molar-refractivity contribution in [2.75, 3.05) is 19.5 Å². The van der Waals surface area contributed by atoms with Gasteiger partial charge in [-0.25, -0.2) is 0 Å². The predicted octanol–water partition coefficient (Wildman–Crippen LogP) is 4.01. The molecule has 0 radical (unpaired) electrons. The maximum absolute atomic E-state index is 12.7. The van der Waals surface area contributed by atoms with E-state index in [2.05, 4.69) is 10.6 Å². The molecule has 4 rings (SSSR count). The minimum atomic E-state index is -0.375. The third kappa shape index (κ3) is 4.57. The van der Waals surface area contributed by atoms with Gasteiger partial charge in [0.2, 0.25) is 0 Å². The molecule has 7 nitrogen and oxygen atoms in total. The molecule has 2 N–H and O–H groups in total. The molecular weight excluding hydrogens is 408 g/mol. The van der Waals surface area contributed by atoms with Crippen LogP contribution in [-0.2, 0) is 11.3 Å². The molecule has 0 atom stereocenters. The Labute approximate surface area is 185 Å². The van der Waals surface area contributed by atoms with Crippen molar-refractivity contribution < 1.29 is 23.8 Å². The van der Waals surface area contributed by atoms with Gasteiger partial charge in [0.1, 0.15) is 11.5 Å². The summed E-state index contributed by atoms with van der Waals surface area (Å²) in [4.78, 5) is 25.2. The summed E-state index contributed by atoms with van der Waals surface area (Å²) < 4.78 is 16.3. The number of fused-ring (bicyclic) bond motifs is 1. The van der Waals surface area contributed by atoms with Gasteiger partial charge in [0.05, 0.1) is 19.9 Å². The molecule has 1 aliphatic rings. The van der Waals surface area contributed by atoms with Crippen LogP contribution in [0.5, 0.6) is 17.2 Å². The van der Waals surface area contributed by atoms with E-state index in [1.165, 1.54) is 0 Å². The van der Waals surface area contributed by atoms with Gasteiger partial charge < -0.3 is 24.8 Å². The number of hydrogen-bond acceptors (Lipinski definition) is 5. The molecule has 162 valence electrons. The smallest absolute Gasteiger partial charge is 0.291 e. The van der Waals surface area contributed by atoms with Crippen LogP contribution in [0, 0.1) is 0 Å². The van der Waals surface area contributed by atoms with E-state index in [9.17, 15) is 9.59 Å². The van der Waals surface area contributed by atoms with Crippen molar-refractivity contribution in [3.63, 3.8) is 0 Å². The highest BCUT2D eigenvalue weighted by Gasteiger charge is 2.23. The molecule has 1 heterocycles. The van der Waals surface area contributed by atoms with Crippen molar-refractivity contribution in [1.82, 2.24) is 5.32 Å². The highest BCUT2D eigenvalue weighted by molar-refractivity contribution is 6.09. The Balaban J connectivity index is 1.48. The van der Waals surface area contributed by atoms with Crippen LogP contribution in [0.3, 0.4) is 0 Å². The van der Waals surface area contributed by atoms with E-state index in [1.54, 1.807) is 56.7 Å². The van der Waals surface area contributed by atoms with Crippen molar-refractivity contribution >= 4 is 23.6 Å². The number of benzene rings is 3. The fraction of sp³-hybridized carbons (Fsp3) is 0.120. The Hall–Kier alpha value is -4.26. The van der Waals surface area contributed by atoms with Crippen molar-refractivity contribution in [3.05, 3.63) is 89.2 Å². The molecule has 3 aromatic rings. The minimum Gasteiger partial charge on any atom is -0.497 e. The molecule has 0 bridgehead atoms. The number of carbonyl (C=O) groups excluding carboxylic acids is 2. The Morgan fingerprint density at radius 1 is 1.03 bits per heavy atom. The number of amides is 2. The van der Waals surface area contributed by atoms with Crippen LogP contribution in [0.4, 0.5) is 5.69 Å². The number of hydrogen-bond donors (Lipinski definition) is 2. The third-order valence-corrected chi connectivity index (χ3v) is 4.96. The molecule has 0 fully saturated rings. The average Bonchev–Trinajstić information content (AvgIpc) is 2.83. The van der Waals surface area contributed by atoms with Gasteiger partial charge in [-0.1, -0.05) is 30.3 Å². The van der Waals surface area contributed by atoms with Crippen LogP contribution in [0.25, 0.3) is 6.08 Å². The Bertz CT molecular complexity index is 1190. The first-order valence-electron chi connectivity index (χ1n) is 9.96. The number of nitrogens with one attached hydrogen (secondary N) is 2. The Kier molecular flexibility index (Phi) is 6.07. The summed E-state index contributed by atoms with van der Waals surface area (Å²) in [5.74, 6) is 1.30. The fourth-order valence-corrected chi connectivity index (χ4v) is 3.30. The number of ether oxygens (including phenoxy) is 3. The van der Waals surface area contributed by atoms with Crippen molar-refractivity contribution in [3.8, 4) is 17.2 Å². The lowest BCUT2D eigenvalue weighted by Gasteiger charge is -2.20. The fourth-order valence-electron chi connectivity index (χ4n) is 3.30. The maximum Gasteiger partial charge on any atom is 0.291 e. The molecule has 0 saturated carbocycles. The van der Waals surface area contributed by atoms with Crippen LogP contribution in [0.2, 0.25) is 0 Å². The molecule has 0 aromatic heterocycles. The highest BCUT2D eigenvalue weighted by Crippen LogP contribution is 2.32. The average molecular weight is 430 g/mol. The van der Waals surface area contributed by atoms with Crippen molar-refractivity contribution in [1.29, 1.82) is 0 Å². The van der Waals surface area contributed by atoms with E-state index in [4.69, 9.17) is 14.2 Å². The Morgan fingerprint density at radius 3 is 2.59 bits per heavy atom. The van der Waals surface area contributed by atoms with Gasteiger partial charge in [0, 0.05) is 17.7 Å². The number of rotatable bonds is 6. The molecule has 0 spiro atoms. The molecule has 0 aliphatic carbocycles. The topological polar surface area (TPSA) is 85.9 Å². The number of carbonyl (C=O) groups is 2. The van der Waals surface area contributed by atoms with E-state index in [0.717, 1.165) is 11.1 Å². The van der Waals surface area contributed by atoms with Crippen LogP contribution in [-0.4, -0.2) is 26.0 Å². The lowest BCUT2D eigenvalue weighted by Crippen LogP contribution is -2.26. The van der Waals surface area contributed by atoms with Gasteiger partial charge in [0.15, 0.2) is 11.5 Å². The maximum atomic E-state index is 12.7. The summed E-state index contributed by atoms with van der Waals surface area (Å²) in [5.41, 5.74) is 2.47. The highest BCUT2D eigenvalue weighted by atomic mass is 16.5. The zero-order valence-corrected chi connectivity index (χ0v) is 17.7. The molecule has 7 heteroatoms. The van der Waals surface area contributed by atoms with Crippen LogP contribution in [0.1, 0.15) is 21.5 Å². The van der Waals surface area contributed by atoms with Gasteiger partial charge in [-0.15, -0.1) is 0 Å². The molecule has 3 aromatic carbocycles. The molecule has 0 unspecified atom stereocenters. The minimum absolute atomic E-state index is 0.186. The zero-order valence-electron chi connectivity index (χ0n) is 17.7. The normalized spacial score (nSPS) is 13.6. The van der Waals surface area contributed by atoms with Crippen LogP contribution < -0.4 is 24.8 Å². The first-order valence-corrected chi connectivity index (χ1v) is 9.96. The van der Waals surface area contributed by atoms with Gasteiger partial charge in [-0.2, -0.15) is 0 Å². The second-order valence-electron chi connectivity index (χ2n) is 7.05. The summed E-state index contributed by atoms with van der Waals surface area (Å²) >= 11 is 0. The lowest BCUT2D eigenvalue weighted by molar-refractivity contribution is -0.115. The van der Waals surface area contributed by atoms with Crippen LogP contribution in [0.15, 0.2) is 72.5 Å². The quantitative estimate of drug-likeness (QED) is 0.577. The van der Waals surface area contributed by atoms with E-state index >= 15 is 0 Å². The van der Waals surface area contributed by atoms with E-state index in [-0.39, 0.29) is 24.1 Å². The summed E-state index contributed by atoms with van der Waals surface area (Å²) in [6.07, 6.45) is 1.67. The molecule has 0 saturated heterocycles. The number of anilines is 1. The SMILES string of the molecule is COc1ccc(OC)c(CNC(=O)c2ccc3c(c2)NC(=O)/C(=C/c2ccccc2)O3)c1.